The average Bonchev–Trinajstić information content (AvgIpc) is 3.08. The quantitative estimate of drug-likeness (QED) is 0.527. The Kier molecular flexibility index (Phi) is 5.41. The molecule has 7 nitrogen and oxygen atoms in total. The summed E-state index contributed by atoms with van der Waals surface area (Å²) in [5.74, 6) is -1.36. The van der Waals surface area contributed by atoms with E-state index in [1.807, 2.05) is 0 Å². The molecule has 1 saturated carbocycles. The van der Waals surface area contributed by atoms with Crippen LogP contribution in [0.1, 0.15) is 32.1 Å². The van der Waals surface area contributed by atoms with E-state index in [0.29, 0.717) is 25.8 Å². The molecule has 1 aliphatic carbocycles. The maximum atomic E-state index is 11.7. The highest BCUT2D eigenvalue weighted by molar-refractivity contribution is 5.80. The first-order chi connectivity index (χ1) is 8.50. The van der Waals surface area contributed by atoms with Gasteiger partial charge in [-0.3, -0.25) is 9.59 Å². The van der Waals surface area contributed by atoms with Crippen LogP contribution in [0, 0.1) is 0 Å². The molecule has 0 spiro atoms. The number of nitrogens with one attached hydrogen (secondary N) is 1. The number of unbranched alkanes of at least 4 members (excludes halogenated alkanes) is 1. The second kappa shape index (κ2) is 6.83. The summed E-state index contributed by atoms with van der Waals surface area (Å²) < 4.78 is 0. The Labute approximate surface area is 105 Å². The van der Waals surface area contributed by atoms with Gasteiger partial charge < -0.3 is 21.1 Å². The number of hydrogen-bond acceptors (Lipinski definition) is 3. The minimum absolute atomic E-state index is 0.0618. The number of nitrogens with zero attached hydrogens (tertiary/aromatic N) is 1. The van der Waals surface area contributed by atoms with Crippen molar-refractivity contribution in [1.82, 2.24) is 10.2 Å². The molecule has 0 aromatic carbocycles. The van der Waals surface area contributed by atoms with E-state index < -0.39 is 5.97 Å². The first kappa shape index (κ1) is 14.3. The minimum atomic E-state index is -1.01. The molecule has 0 aliphatic heterocycles. The molecule has 0 radical (unpaired) electrons. The number of hydrogen-bond donors (Lipinski definition) is 3. The standard InChI is InChI=1S/C11H19N3O4/c12-9(15)3-1-2-6-13-11(18)14(7-10(16)17)8-4-5-8/h8H,1-7H2,(H2,12,15)(H,13,18)(H,16,17). The van der Waals surface area contributed by atoms with Gasteiger partial charge in [0.05, 0.1) is 0 Å². The van der Waals surface area contributed by atoms with Crippen LogP contribution in [0.25, 0.3) is 0 Å². The van der Waals surface area contributed by atoms with E-state index in [1.165, 1.54) is 4.90 Å². The third-order valence-corrected chi connectivity index (χ3v) is 2.68. The number of amides is 3. The Balaban J connectivity index is 2.20. The molecule has 7 heteroatoms. The van der Waals surface area contributed by atoms with Gasteiger partial charge in [0.15, 0.2) is 0 Å². The van der Waals surface area contributed by atoms with Gasteiger partial charge >= 0.3 is 12.0 Å². The molecule has 18 heavy (non-hydrogen) atoms. The molecule has 1 fully saturated rings. The van der Waals surface area contributed by atoms with Crippen molar-refractivity contribution in [3.63, 3.8) is 0 Å². The van der Waals surface area contributed by atoms with Crippen molar-refractivity contribution in [3.8, 4) is 0 Å². The first-order valence-electron chi connectivity index (χ1n) is 6.05. The molecule has 0 saturated heterocycles. The average molecular weight is 257 g/mol. The fraction of sp³-hybridized carbons (Fsp3) is 0.727. The van der Waals surface area contributed by atoms with Gasteiger partial charge in [-0.05, 0) is 25.7 Å². The predicted octanol–water partition coefficient (Wildman–Crippen LogP) is -0.0994. The van der Waals surface area contributed by atoms with Crippen molar-refractivity contribution < 1.29 is 19.5 Å². The van der Waals surface area contributed by atoms with Crippen molar-refractivity contribution in [2.75, 3.05) is 13.1 Å². The number of carbonyl (C=O) groups excluding carboxylic acids is 2. The van der Waals surface area contributed by atoms with Crippen molar-refractivity contribution in [2.45, 2.75) is 38.1 Å². The fourth-order valence-corrected chi connectivity index (χ4v) is 1.62. The molecule has 1 rings (SSSR count). The summed E-state index contributed by atoms with van der Waals surface area (Å²) in [5.41, 5.74) is 4.99. The van der Waals surface area contributed by atoms with Crippen LogP contribution in [-0.4, -0.2) is 47.0 Å². The van der Waals surface area contributed by atoms with Gasteiger partial charge in [-0.25, -0.2) is 4.79 Å². The van der Waals surface area contributed by atoms with Gasteiger partial charge in [0.25, 0.3) is 0 Å². The summed E-state index contributed by atoms with van der Waals surface area (Å²) in [4.78, 5) is 34.2. The topological polar surface area (TPSA) is 113 Å². The SMILES string of the molecule is NC(=O)CCCCNC(=O)N(CC(=O)O)C1CC1. The third-order valence-electron chi connectivity index (χ3n) is 2.68. The van der Waals surface area contributed by atoms with Gasteiger partial charge in [0.2, 0.25) is 5.91 Å². The van der Waals surface area contributed by atoms with E-state index in [2.05, 4.69) is 5.32 Å². The summed E-state index contributed by atoms with van der Waals surface area (Å²) in [5, 5.41) is 11.4. The van der Waals surface area contributed by atoms with Crippen LogP contribution in [0.5, 0.6) is 0 Å². The van der Waals surface area contributed by atoms with E-state index in [4.69, 9.17) is 10.8 Å². The van der Waals surface area contributed by atoms with Gasteiger partial charge in [-0.2, -0.15) is 0 Å². The number of urea groups is 1. The van der Waals surface area contributed by atoms with Gasteiger partial charge in [0, 0.05) is 19.0 Å². The van der Waals surface area contributed by atoms with Crippen LogP contribution in [-0.2, 0) is 9.59 Å². The van der Waals surface area contributed by atoms with Crippen LogP contribution in [0.3, 0.4) is 0 Å². The third kappa shape index (κ3) is 5.51. The van der Waals surface area contributed by atoms with Crippen LogP contribution in [0.15, 0.2) is 0 Å². The molecule has 1 aliphatic rings. The van der Waals surface area contributed by atoms with Crippen LogP contribution >= 0.6 is 0 Å². The van der Waals surface area contributed by atoms with Crippen LogP contribution in [0.2, 0.25) is 0 Å². The highest BCUT2D eigenvalue weighted by Gasteiger charge is 2.33. The Bertz CT molecular complexity index is 328. The zero-order valence-corrected chi connectivity index (χ0v) is 10.2. The number of rotatable bonds is 8. The maximum absolute atomic E-state index is 11.7. The van der Waals surface area contributed by atoms with E-state index in [-0.39, 0.29) is 24.5 Å². The zero-order valence-electron chi connectivity index (χ0n) is 10.2. The largest absolute Gasteiger partial charge is 0.480 e. The molecule has 0 aromatic rings. The summed E-state index contributed by atoms with van der Waals surface area (Å²) in [6, 6.07) is -0.286. The zero-order chi connectivity index (χ0) is 13.5. The molecule has 3 amide bonds. The number of primary amides is 1. The summed E-state index contributed by atoms with van der Waals surface area (Å²) >= 11 is 0. The molecule has 0 bridgehead atoms. The number of carboxylic acids is 1. The Morgan fingerprint density at radius 2 is 1.94 bits per heavy atom. The highest BCUT2D eigenvalue weighted by Crippen LogP contribution is 2.26. The lowest BCUT2D eigenvalue weighted by Crippen LogP contribution is -2.44. The lowest BCUT2D eigenvalue weighted by atomic mass is 10.2. The van der Waals surface area contributed by atoms with E-state index in [0.717, 1.165) is 12.8 Å². The molecule has 4 N–H and O–H groups in total. The summed E-state index contributed by atoms with van der Waals surface area (Å²) in [7, 11) is 0. The second-order valence-electron chi connectivity index (χ2n) is 4.41. The number of carboxylic acid groups (broad SMARTS) is 1. The van der Waals surface area contributed by atoms with Gasteiger partial charge in [-0.1, -0.05) is 0 Å². The van der Waals surface area contributed by atoms with Crippen molar-refractivity contribution in [3.05, 3.63) is 0 Å². The molecular weight excluding hydrogens is 238 g/mol. The maximum Gasteiger partial charge on any atom is 0.323 e. The second-order valence-corrected chi connectivity index (χ2v) is 4.41. The molecule has 0 unspecified atom stereocenters. The molecular formula is C11H19N3O4. The Hall–Kier alpha value is -1.79. The van der Waals surface area contributed by atoms with Crippen molar-refractivity contribution in [2.24, 2.45) is 5.73 Å². The number of carbonyl (C=O) groups is 3. The lowest BCUT2D eigenvalue weighted by Gasteiger charge is -2.20. The monoisotopic (exact) mass is 257 g/mol. The molecule has 0 atom stereocenters. The number of aliphatic carboxylic acids is 1. The van der Waals surface area contributed by atoms with Gasteiger partial charge in [0.1, 0.15) is 6.54 Å². The van der Waals surface area contributed by atoms with Gasteiger partial charge in [-0.15, -0.1) is 0 Å². The summed E-state index contributed by atoms with van der Waals surface area (Å²) in [6.07, 6.45) is 3.31. The van der Waals surface area contributed by atoms with E-state index in [1.54, 1.807) is 0 Å². The van der Waals surface area contributed by atoms with Crippen molar-refractivity contribution in [1.29, 1.82) is 0 Å². The van der Waals surface area contributed by atoms with Crippen molar-refractivity contribution >= 4 is 17.9 Å². The molecule has 0 heterocycles. The predicted molar refractivity (Wildman–Crippen MR) is 63.8 cm³/mol. The van der Waals surface area contributed by atoms with E-state index in [9.17, 15) is 14.4 Å². The molecule has 0 aromatic heterocycles. The highest BCUT2D eigenvalue weighted by atomic mass is 16.4. The normalized spacial score (nSPS) is 14.0. The minimum Gasteiger partial charge on any atom is -0.480 e. The van der Waals surface area contributed by atoms with Crippen LogP contribution < -0.4 is 11.1 Å². The summed E-state index contributed by atoms with van der Waals surface area (Å²) in [6.45, 7) is 0.159. The fourth-order valence-electron chi connectivity index (χ4n) is 1.62. The first-order valence-corrected chi connectivity index (χ1v) is 6.05. The molecule has 102 valence electrons. The Morgan fingerprint density at radius 3 is 2.44 bits per heavy atom. The number of nitrogens with two attached hydrogens (primary N) is 1. The van der Waals surface area contributed by atoms with E-state index >= 15 is 0 Å². The Morgan fingerprint density at radius 1 is 1.28 bits per heavy atom. The smallest absolute Gasteiger partial charge is 0.323 e. The lowest BCUT2D eigenvalue weighted by molar-refractivity contribution is -0.137. The van der Waals surface area contributed by atoms with Crippen LogP contribution in [0.4, 0.5) is 4.79 Å².